The van der Waals surface area contributed by atoms with Crippen LogP contribution in [-0.2, 0) is 0 Å². The summed E-state index contributed by atoms with van der Waals surface area (Å²) in [6.45, 7) is 2.34. The molecule has 2 aromatic rings. The van der Waals surface area contributed by atoms with E-state index in [0.29, 0.717) is 18.8 Å². The summed E-state index contributed by atoms with van der Waals surface area (Å²) in [7, 11) is 0. The van der Waals surface area contributed by atoms with Crippen molar-refractivity contribution in [2.45, 2.75) is 25.4 Å². The number of aliphatic hydroxyl groups excluding tert-OH is 1. The topological polar surface area (TPSA) is 82.5 Å². The van der Waals surface area contributed by atoms with Gasteiger partial charge in [-0.3, -0.25) is 0 Å². The van der Waals surface area contributed by atoms with Gasteiger partial charge in [0.2, 0.25) is 0 Å². The Morgan fingerprint density at radius 3 is 2.55 bits per heavy atom. The van der Waals surface area contributed by atoms with Gasteiger partial charge in [-0.1, -0.05) is 36.4 Å². The van der Waals surface area contributed by atoms with Gasteiger partial charge in [-0.05, 0) is 31.0 Å². The van der Waals surface area contributed by atoms with E-state index in [1.807, 2.05) is 30.3 Å². The van der Waals surface area contributed by atoms with Gasteiger partial charge in [0.1, 0.15) is 5.82 Å². The molecule has 0 aliphatic heterocycles. The highest BCUT2D eigenvalue weighted by atomic mass is 16.4. The zero-order chi connectivity index (χ0) is 15.9. The molecule has 5 heteroatoms. The number of nitrogens with one attached hydrogen (secondary N) is 1. The molecule has 0 bridgehead atoms. The molecular formula is C17H20N2O3. The first-order chi connectivity index (χ1) is 10.6. The van der Waals surface area contributed by atoms with Crippen molar-refractivity contribution >= 4 is 11.8 Å². The lowest BCUT2D eigenvalue weighted by Gasteiger charge is -2.20. The Hall–Kier alpha value is -2.40. The minimum atomic E-state index is -1.05. The molecule has 2 atom stereocenters. The van der Waals surface area contributed by atoms with Crippen molar-refractivity contribution in [1.82, 2.24) is 4.98 Å². The van der Waals surface area contributed by atoms with E-state index in [-0.39, 0.29) is 11.6 Å². The number of hydrogen-bond donors (Lipinski definition) is 3. The van der Waals surface area contributed by atoms with E-state index < -0.39 is 12.1 Å². The molecule has 116 valence electrons. The fraction of sp³-hybridized carbons (Fsp3) is 0.294. The molecule has 0 saturated heterocycles. The van der Waals surface area contributed by atoms with Crippen LogP contribution < -0.4 is 5.32 Å². The number of carbonyl (C=O) groups is 1. The number of aromatic nitrogens is 1. The molecule has 2 unspecified atom stereocenters. The molecule has 0 aliphatic rings. The van der Waals surface area contributed by atoms with Crippen molar-refractivity contribution in [3.05, 3.63) is 59.8 Å². The number of benzene rings is 1. The Morgan fingerprint density at radius 2 is 1.91 bits per heavy atom. The quantitative estimate of drug-likeness (QED) is 0.732. The van der Waals surface area contributed by atoms with Gasteiger partial charge in [-0.2, -0.15) is 0 Å². The van der Waals surface area contributed by atoms with Crippen LogP contribution in [0.25, 0.3) is 0 Å². The molecule has 0 amide bonds. The average Bonchev–Trinajstić information content (AvgIpc) is 2.52. The fourth-order valence-corrected chi connectivity index (χ4v) is 2.35. The molecule has 22 heavy (non-hydrogen) atoms. The molecule has 1 heterocycles. The standard InChI is InChI=1S/C17H20N2O3/c1-12(20)10-14(13-6-3-2-4-7-13)11-18-16-9-5-8-15(19-16)17(21)22/h2-9,12,14,20H,10-11H2,1H3,(H,18,19)(H,21,22). The first-order valence-corrected chi connectivity index (χ1v) is 7.23. The van der Waals surface area contributed by atoms with Crippen LogP contribution in [0.1, 0.15) is 35.3 Å². The summed E-state index contributed by atoms with van der Waals surface area (Å²) in [5.74, 6) is -0.407. The van der Waals surface area contributed by atoms with E-state index in [4.69, 9.17) is 5.11 Å². The zero-order valence-corrected chi connectivity index (χ0v) is 12.4. The van der Waals surface area contributed by atoms with Crippen LogP contribution in [0.5, 0.6) is 0 Å². The molecule has 1 aromatic carbocycles. The second-order valence-corrected chi connectivity index (χ2v) is 5.29. The molecule has 3 N–H and O–H groups in total. The molecule has 5 nitrogen and oxygen atoms in total. The van der Waals surface area contributed by atoms with E-state index in [0.717, 1.165) is 5.56 Å². The molecule has 1 aromatic heterocycles. The van der Waals surface area contributed by atoms with Gasteiger partial charge in [0.05, 0.1) is 6.10 Å². The summed E-state index contributed by atoms with van der Waals surface area (Å²) < 4.78 is 0. The highest BCUT2D eigenvalue weighted by Crippen LogP contribution is 2.22. The Morgan fingerprint density at radius 1 is 1.18 bits per heavy atom. The normalized spacial score (nSPS) is 13.4. The predicted octanol–water partition coefficient (Wildman–Crippen LogP) is 2.75. The minimum absolute atomic E-state index is 0.0109. The molecule has 0 fully saturated rings. The summed E-state index contributed by atoms with van der Waals surface area (Å²) >= 11 is 0. The van der Waals surface area contributed by atoms with Crippen molar-refractivity contribution in [3.63, 3.8) is 0 Å². The zero-order valence-electron chi connectivity index (χ0n) is 12.4. The monoisotopic (exact) mass is 300 g/mol. The van der Waals surface area contributed by atoms with Crippen LogP contribution in [0.15, 0.2) is 48.5 Å². The van der Waals surface area contributed by atoms with E-state index in [1.54, 1.807) is 19.1 Å². The lowest BCUT2D eigenvalue weighted by atomic mass is 9.93. The first-order valence-electron chi connectivity index (χ1n) is 7.23. The van der Waals surface area contributed by atoms with E-state index in [1.165, 1.54) is 6.07 Å². The SMILES string of the molecule is CC(O)CC(CNc1cccc(C(=O)O)n1)c1ccccc1. The molecule has 0 radical (unpaired) electrons. The van der Waals surface area contributed by atoms with Gasteiger partial charge < -0.3 is 15.5 Å². The third-order valence-corrected chi connectivity index (χ3v) is 3.39. The molecule has 0 saturated carbocycles. The van der Waals surface area contributed by atoms with Gasteiger partial charge in [-0.25, -0.2) is 9.78 Å². The summed E-state index contributed by atoms with van der Waals surface area (Å²) in [6, 6.07) is 14.8. The number of rotatable bonds is 7. The number of anilines is 1. The Bertz CT molecular complexity index is 614. The number of aromatic carboxylic acids is 1. The maximum atomic E-state index is 10.9. The number of carboxylic acids is 1. The van der Waals surface area contributed by atoms with Crippen molar-refractivity contribution in [2.75, 3.05) is 11.9 Å². The van der Waals surface area contributed by atoms with Gasteiger partial charge >= 0.3 is 5.97 Å². The number of hydrogen-bond acceptors (Lipinski definition) is 4. The summed E-state index contributed by atoms with van der Waals surface area (Å²) in [5.41, 5.74) is 1.14. The van der Waals surface area contributed by atoms with Gasteiger partial charge in [-0.15, -0.1) is 0 Å². The van der Waals surface area contributed by atoms with Gasteiger partial charge in [0.15, 0.2) is 5.69 Å². The first kappa shape index (κ1) is 16.0. The summed E-state index contributed by atoms with van der Waals surface area (Å²) in [4.78, 5) is 15.0. The van der Waals surface area contributed by atoms with Crippen molar-refractivity contribution in [3.8, 4) is 0 Å². The largest absolute Gasteiger partial charge is 0.477 e. The van der Waals surface area contributed by atoms with Crippen LogP contribution in [0, 0.1) is 0 Å². The molecular weight excluding hydrogens is 280 g/mol. The Labute approximate surface area is 129 Å². The lowest BCUT2D eigenvalue weighted by molar-refractivity contribution is 0.0690. The van der Waals surface area contributed by atoms with Crippen LogP contribution in [-0.4, -0.2) is 33.8 Å². The number of carboxylic acid groups (broad SMARTS) is 1. The second kappa shape index (κ2) is 7.56. The van der Waals surface area contributed by atoms with Gasteiger partial charge in [0, 0.05) is 12.5 Å². The lowest BCUT2D eigenvalue weighted by Crippen LogP contribution is -2.18. The smallest absolute Gasteiger partial charge is 0.354 e. The maximum Gasteiger partial charge on any atom is 0.354 e. The third kappa shape index (κ3) is 4.56. The van der Waals surface area contributed by atoms with Crippen molar-refractivity contribution in [1.29, 1.82) is 0 Å². The summed E-state index contributed by atoms with van der Waals surface area (Å²) in [5, 5.41) is 21.8. The van der Waals surface area contributed by atoms with E-state index in [9.17, 15) is 9.90 Å². The maximum absolute atomic E-state index is 10.9. The van der Waals surface area contributed by atoms with Crippen LogP contribution in [0.2, 0.25) is 0 Å². The number of pyridine rings is 1. The van der Waals surface area contributed by atoms with Crippen LogP contribution in [0.4, 0.5) is 5.82 Å². The van der Waals surface area contributed by atoms with Crippen LogP contribution >= 0.6 is 0 Å². The predicted molar refractivity (Wildman–Crippen MR) is 85.2 cm³/mol. The number of nitrogens with zero attached hydrogens (tertiary/aromatic N) is 1. The van der Waals surface area contributed by atoms with Crippen molar-refractivity contribution in [2.24, 2.45) is 0 Å². The minimum Gasteiger partial charge on any atom is -0.477 e. The second-order valence-electron chi connectivity index (χ2n) is 5.29. The van der Waals surface area contributed by atoms with E-state index >= 15 is 0 Å². The van der Waals surface area contributed by atoms with Crippen molar-refractivity contribution < 1.29 is 15.0 Å². The number of aliphatic hydroxyl groups is 1. The highest BCUT2D eigenvalue weighted by molar-refractivity contribution is 5.85. The Balaban J connectivity index is 2.08. The highest BCUT2D eigenvalue weighted by Gasteiger charge is 2.14. The average molecular weight is 300 g/mol. The molecule has 2 rings (SSSR count). The van der Waals surface area contributed by atoms with Gasteiger partial charge in [0.25, 0.3) is 0 Å². The van der Waals surface area contributed by atoms with Crippen LogP contribution in [0.3, 0.4) is 0 Å². The fourth-order valence-electron chi connectivity index (χ4n) is 2.35. The molecule has 0 spiro atoms. The Kier molecular flexibility index (Phi) is 5.49. The summed E-state index contributed by atoms with van der Waals surface area (Å²) in [6.07, 6.45) is 0.209. The molecule has 0 aliphatic carbocycles. The third-order valence-electron chi connectivity index (χ3n) is 3.39. The van der Waals surface area contributed by atoms with E-state index in [2.05, 4.69) is 10.3 Å².